The fourth-order valence-corrected chi connectivity index (χ4v) is 5.14. The zero-order chi connectivity index (χ0) is 19.4. The summed E-state index contributed by atoms with van der Waals surface area (Å²) < 4.78 is 5.13. The van der Waals surface area contributed by atoms with Gasteiger partial charge in [-0.15, -0.1) is 11.3 Å². The molecule has 0 aliphatic heterocycles. The van der Waals surface area contributed by atoms with Crippen LogP contribution in [0.2, 0.25) is 0 Å². The normalized spacial score (nSPS) is 15.9. The Kier molecular flexibility index (Phi) is 6.16. The molecular formula is C21H26N2O3S. The molecule has 3 rings (SSSR count). The lowest BCUT2D eigenvalue weighted by molar-refractivity contribution is -0.115. The Morgan fingerprint density at radius 3 is 2.67 bits per heavy atom. The molecule has 1 aromatic heterocycles. The molecule has 3 N–H and O–H groups in total. The molecule has 0 fully saturated rings. The van der Waals surface area contributed by atoms with Gasteiger partial charge in [-0.1, -0.05) is 31.9 Å². The number of primary amides is 1. The first-order valence-electron chi connectivity index (χ1n) is 9.38. The highest BCUT2D eigenvalue weighted by atomic mass is 32.1. The van der Waals surface area contributed by atoms with Gasteiger partial charge in [0.2, 0.25) is 5.91 Å². The number of amides is 2. The zero-order valence-corrected chi connectivity index (χ0v) is 16.7. The third-order valence-electron chi connectivity index (χ3n) is 5.09. The smallest absolute Gasteiger partial charge is 0.251 e. The van der Waals surface area contributed by atoms with Crippen molar-refractivity contribution in [2.75, 3.05) is 12.4 Å². The van der Waals surface area contributed by atoms with Crippen LogP contribution in [-0.4, -0.2) is 18.9 Å². The molecular weight excluding hydrogens is 360 g/mol. The number of rotatable bonds is 7. The van der Waals surface area contributed by atoms with Crippen molar-refractivity contribution < 1.29 is 14.3 Å². The number of hydrogen-bond acceptors (Lipinski definition) is 4. The van der Waals surface area contributed by atoms with Crippen LogP contribution in [-0.2, 0) is 24.1 Å². The minimum Gasteiger partial charge on any atom is -0.497 e. The van der Waals surface area contributed by atoms with Crippen LogP contribution in [0.3, 0.4) is 0 Å². The first kappa shape index (κ1) is 19.4. The van der Waals surface area contributed by atoms with Gasteiger partial charge in [-0.05, 0) is 48.4 Å². The molecule has 1 aliphatic rings. The third-order valence-corrected chi connectivity index (χ3v) is 6.26. The maximum atomic E-state index is 12.5. The van der Waals surface area contributed by atoms with E-state index in [0.29, 0.717) is 16.5 Å². The van der Waals surface area contributed by atoms with E-state index < -0.39 is 5.91 Å². The molecule has 5 nitrogen and oxygen atoms in total. The quantitative estimate of drug-likeness (QED) is 0.756. The monoisotopic (exact) mass is 386 g/mol. The molecule has 1 heterocycles. The van der Waals surface area contributed by atoms with Gasteiger partial charge in [0.1, 0.15) is 10.8 Å². The summed E-state index contributed by atoms with van der Waals surface area (Å²) in [6, 6.07) is 7.38. The number of carbonyl (C=O) groups is 2. The SMILES string of the molecule is CCC[C@H]1CCc2c(sc(NC(=O)Cc3ccc(OC)cc3)c2C(N)=O)C1. The molecule has 0 spiro atoms. The topological polar surface area (TPSA) is 81.4 Å². The summed E-state index contributed by atoms with van der Waals surface area (Å²) in [5.41, 5.74) is 8.08. The van der Waals surface area contributed by atoms with Crippen LogP contribution in [0.4, 0.5) is 5.00 Å². The van der Waals surface area contributed by atoms with Gasteiger partial charge < -0.3 is 15.8 Å². The van der Waals surface area contributed by atoms with E-state index in [4.69, 9.17) is 10.5 Å². The third kappa shape index (κ3) is 4.50. The van der Waals surface area contributed by atoms with Gasteiger partial charge in [-0.3, -0.25) is 9.59 Å². The Balaban J connectivity index is 1.75. The number of ether oxygens (including phenoxy) is 1. The molecule has 2 amide bonds. The molecule has 0 saturated heterocycles. The summed E-state index contributed by atoms with van der Waals surface area (Å²) in [5.74, 6) is 0.806. The minimum absolute atomic E-state index is 0.147. The lowest BCUT2D eigenvalue weighted by atomic mass is 9.84. The predicted octanol–water partition coefficient (Wildman–Crippen LogP) is 3.94. The van der Waals surface area contributed by atoms with Gasteiger partial charge >= 0.3 is 0 Å². The van der Waals surface area contributed by atoms with E-state index >= 15 is 0 Å². The molecule has 144 valence electrons. The molecule has 1 aromatic carbocycles. The van der Waals surface area contributed by atoms with Gasteiger partial charge in [0, 0.05) is 4.88 Å². The summed E-state index contributed by atoms with van der Waals surface area (Å²) in [6.07, 6.45) is 5.52. The number of nitrogens with two attached hydrogens (primary N) is 1. The largest absolute Gasteiger partial charge is 0.497 e. The van der Waals surface area contributed by atoms with Gasteiger partial charge in [0.15, 0.2) is 0 Å². The molecule has 0 radical (unpaired) electrons. The highest BCUT2D eigenvalue weighted by Gasteiger charge is 2.28. The summed E-state index contributed by atoms with van der Waals surface area (Å²) in [6.45, 7) is 2.20. The lowest BCUT2D eigenvalue weighted by Gasteiger charge is -2.21. The van der Waals surface area contributed by atoms with Crippen molar-refractivity contribution >= 4 is 28.2 Å². The number of fused-ring (bicyclic) bond motifs is 1. The van der Waals surface area contributed by atoms with E-state index in [-0.39, 0.29) is 12.3 Å². The average Bonchev–Trinajstić information content (AvgIpc) is 2.99. The van der Waals surface area contributed by atoms with Crippen LogP contribution >= 0.6 is 11.3 Å². The van der Waals surface area contributed by atoms with Gasteiger partial charge in [-0.25, -0.2) is 0 Å². The van der Waals surface area contributed by atoms with Crippen LogP contribution in [0.25, 0.3) is 0 Å². The summed E-state index contributed by atoms with van der Waals surface area (Å²) in [7, 11) is 1.61. The van der Waals surface area contributed by atoms with Gasteiger partial charge in [0.25, 0.3) is 5.91 Å². The summed E-state index contributed by atoms with van der Waals surface area (Å²) >= 11 is 1.51. The molecule has 2 aromatic rings. The van der Waals surface area contributed by atoms with Crippen LogP contribution in [0.15, 0.2) is 24.3 Å². The fraction of sp³-hybridized carbons (Fsp3) is 0.429. The first-order valence-corrected chi connectivity index (χ1v) is 10.2. The highest BCUT2D eigenvalue weighted by Crippen LogP contribution is 2.40. The van der Waals surface area contributed by atoms with Crippen molar-refractivity contribution in [3.05, 3.63) is 45.8 Å². The number of methoxy groups -OCH3 is 1. The van der Waals surface area contributed by atoms with Crippen molar-refractivity contribution in [1.29, 1.82) is 0 Å². The molecule has 1 atom stereocenters. The van der Waals surface area contributed by atoms with Gasteiger partial charge in [-0.2, -0.15) is 0 Å². The first-order chi connectivity index (χ1) is 13.0. The fourth-order valence-electron chi connectivity index (χ4n) is 3.76. The molecule has 0 saturated carbocycles. The number of benzene rings is 1. The Labute approximate surface area is 163 Å². The van der Waals surface area contributed by atoms with E-state index in [9.17, 15) is 9.59 Å². The molecule has 6 heteroatoms. The summed E-state index contributed by atoms with van der Waals surface area (Å²) in [5, 5.41) is 3.52. The molecule has 27 heavy (non-hydrogen) atoms. The van der Waals surface area contributed by atoms with Gasteiger partial charge in [0.05, 0.1) is 19.1 Å². The maximum absolute atomic E-state index is 12.5. The van der Waals surface area contributed by atoms with Crippen molar-refractivity contribution in [2.24, 2.45) is 11.7 Å². The van der Waals surface area contributed by atoms with Crippen molar-refractivity contribution in [3.8, 4) is 5.75 Å². The molecule has 0 unspecified atom stereocenters. The minimum atomic E-state index is -0.457. The van der Waals surface area contributed by atoms with Crippen LogP contribution in [0, 0.1) is 5.92 Å². The molecule has 1 aliphatic carbocycles. The Morgan fingerprint density at radius 2 is 2.04 bits per heavy atom. The number of thiophene rings is 1. The Bertz CT molecular complexity index is 827. The van der Waals surface area contributed by atoms with E-state index in [2.05, 4.69) is 12.2 Å². The van der Waals surface area contributed by atoms with Crippen LogP contribution in [0.5, 0.6) is 5.75 Å². The lowest BCUT2D eigenvalue weighted by Crippen LogP contribution is -2.20. The highest BCUT2D eigenvalue weighted by molar-refractivity contribution is 7.17. The number of nitrogens with one attached hydrogen (secondary N) is 1. The van der Waals surface area contributed by atoms with Crippen LogP contribution < -0.4 is 15.8 Å². The van der Waals surface area contributed by atoms with Crippen molar-refractivity contribution in [1.82, 2.24) is 0 Å². The second-order valence-corrected chi connectivity index (χ2v) is 8.15. The van der Waals surface area contributed by atoms with Crippen molar-refractivity contribution in [3.63, 3.8) is 0 Å². The predicted molar refractivity (Wildman–Crippen MR) is 109 cm³/mol. The molecule has 0 bridgehead atoms. The van der Waals surface area contributed by atoms with E-state index in [1.807, 2.05) is 24.3 Å². The number of carbonyl (C=O) groups excluding carboxylic acids is 2. The maximum Gasteiger partial charge on any atom is 0.251 e. The average molecular weight is 387 g/mol. The second-order valence-electron chi connectivity index (χ2n) is 7.04. The van der Waals surface area contributed by atoms with E-state index in [1.165, 1.54) is 29.1 Å². The number of anilines is 1. The van der Waals surface area contributed by atoms with E-state index in [0.717, 1.165) is 36.1 Å². The second kappa shape index (κ2) is 8.57. The standard InChI is InChI=1S/C21H26N2O3S/c1-3-4-13-7-10-16-17(11-13)27-21(19(16)20(22)25)23-18(24)12-14-5-8-15(26-2)9-6-14/h5-6,8-9,13H,3-4,7,10-12H2,1-2H3,(H2,22,25)(H,23,24)/t13-/m0/s1. The Morgan fingerprint density at radius 1 is 1.30 bits per heavy atom. The summed E-state index contributed by atoms with van der Waals surface area (Å²) in [4.78, 5) is 25.7. The zero-order valence-electron chi connectivity index (χ0n) is 15.8. The Hall–Kier alpha value is -2.34. The van der Waals surface area contributed by atoms with Crippen LogP contribution in [0.1, 0.15) is 52.5 Å². The van der Waals surface area contributed by atoms with E-state index in [1.54, 1.807) is 7.11 Å². The number of hydrogen-bond donors (Lipinski definition) is 2. The van der Waals surface area contributed by atoms with Crippen molar-refractivity contribution in [2.45, 2.75) is 45.4 Å².